The third-order valence-electron chi connectivity index (χ3n) is 3.15. The number of amides is 2. The van der Waals surface area contributed by atoms with Gasteiger partial charge in [-0.25, -0.2) is 4.39 Å². The van der Waals surface area contributed by atoms with Gasteiger partial charge in [0, 0.05) is 17.6 Å². The normalized spacial score (nSPS) is 16.1. The van der Waals surface area contributed by atoms with E-state index in [1.807, 2.05) is 0 Å². The van der Waals surface area contributed by atoms with E-state index in [1.54, 1.807) is 6.07 Å². The van der Waals surface area contributed by atoms with Crippen LogP contribution >= 0.6 is 15.9 Å². The van der Waals surface area contributed by atoms with Gasteiger partial charge in [0.25, 0.3) is 0 Å². The van der Waals surface area contributed by atoms with Gasteiger partial charge in [-0.3, -0.25) is 9.59 Å². The first-order chi connectivity index (χ1) is 9.49. The molecule has 5 nitrogen and oxygen atoms in total. The van der Waals surface area contributed by atoms with Crippen LogP contribution in [0.5, 0.6) is 0 Å². The van der Waals surface area contributed by atoms with E-state index in [4.69, 9.17) is 0 Å². The smallest absolute Gasteiger partial charge is 0.314 e. The van der Waals surface area contributed by atoms with Crippen molar-refractivity contribution in [1.82, 2.24) is 4.90 Å². The Morgan fingerprint density at radius 1 is 1.35 bits per heavy atom. The number of likely N-dealkylation sites (tertiary alicyclic amines) is 1. The lowest BCUT2D eigenvalue weighted by Gasteiger charge is -2.29. The molecule has 0 spiro atoms. The predicted molar refractivity (Wildman–Crippen MR) is 74.6 cm³/mol. The molecular formula is C13H14BrFN2O3. The summed E-state index contributed by atoms with van der Waals surface area (Å²) >= 11 is 3.12. The summed E-state index contributed by atoms with van der Waals surface area (Å²) < 4.78 is 13.9. The van der Waals surface area contributed by atoms with Crippen LogP contribution in [0.4, 0.5) is 10.1 Å². The molecule has 0 atom stereocenters. The second kappa shape index (κ2) is 6.32. The van der Waals surface area contributed by atoms with E-state index in [1.165, 1.54) is 17.0 Å². The Balaban J connectivity index is 2.03. The standard InChI is InChI=1S/C13H14BrFN2O3/c14-9-2-1-3-10(15)11(9)16-12(19)13(20)17-6-4-8(18)5-7-17/h1-3,8,18H,4-7H2,(H,16,19). The van der Waals surface area contributed by atoms with Gasteiger partial charge in [-0.15, -0.1) is 0 Å². The first-order valence-electron chi connectivity index (χ1n) is 6.21. The summed E-state index contributed by atoms with van der Waals surface area (Å²) in [5.74, 6) is -2.21. The summed E-state index contributed by atoms with van der Waals surface area (Å²) in [6.07, 6.45) is 0.466. The molecule has 1 aromatic rings. The Kier molecular flexibility index (Phi) is 4.72. The number of benzene rings is 1. The van der Waals surface area contributed by atoms with Crippen LogP contribution in [0.2, 0.25) is 0 Å². The number of halogens is 2. The van der Waals surface area contributed by atoms with E-state index in [2.05, 4.69) is 21.2 Å². The molecule has 0 radical (unpaired) electrons. The number of nitrogens with zero attached hydrogens (tertiary/aromatic N) is 1. The molecule has 20 heavy (non-hydrogen) atoms. The molecule has 1 aliphatic rings. The molecule has 1 saturated heterocycles. The molecule has 0 aromatic heterocycles. The van der Waals surface area contributed by atoms with Crippen LogP contribution < -0.4 is 5.32 Å². The summed E-state index contributed by atoms with van der Waals surface area (Å²) in [6.45, 7) is 0.651. The molecular weight excluding hydrogens is 331 g/mol. The molecule has 0 unspecified atom stereocenters. The van der Waals surface area contributed by atoms with Crippen molar-refractivity contribution in [1.29, 1.82) is 0 Å². The molecule has 0 bridgehead atoms. The molecule has 0 aliphatic carbocycles. The quantitative estimate of drug-likeness (QED) is 0.758. The molecule has 2 amide bonds. The van der Waals surface area contributed by atoms with Gasteiger partial charge in [-0.05, 0) is 40.9 Å². The average Bonchev–Trinajstić information content (AvgIpc) is 2.43. The summed E-state index contributed by atoms with van der Waals surface area (Å²) in [7, 11) is 0. The molecule has 0 saturated carbocycles. The summed E-state index contributed by atoms with van der Waals surface area (Å²) in [5, 5.41) is 11.6. The minimum atomic E-state index is -0.882. The zero-order valence-electron chi connectivity index (χ0n) is 10.6. The van der Waals surface area contributed by atoms with Crippen molar-refractivity contribution in [3.8, 4) is 0 Å². The van der Waals surface area contributed by atoms with Crippen molar-refractivity contribution >= 4 is 33.4 Å². The Hall–Kier alpha value is -1.47. The first-order valence-corrected chi connectivity index (χ1v) is 7.00. The number of piperidine rings is 1. The van der Waals surface area contributed by atoms with Crippen molar-refractivity contribution in [2.45, 2.75) is 18.9 Å². The van der Waals surface area contributed by atoms with Crippen LogP contribution in [0.25, 0.3) is 0 Å². The van der Waals surface area contributed by atoms with E-state index < -0.39 is 23.7 Å². The fourth-order valence-corrected chi connectivity index (χ4v) is 2.44. The number of hydrogen-bond donors (Lipinski definition) is 2. The number of carbonyl (C=O) groups is 2. The topological polar surface area (TPSA) is 69.6 Å². The minimum Gasteiger partial charge on any atom is -0.393 e. The minimum absolute atomic E-state index is 0.0529. The highest BCUT2D eigenvalue weighted by molar-refractivity contribution is 9.10. The SMILES string of the molecule is O=C(Nc1c(F)cccc1Br)C(=O)N1CCC(O)CC1. The van der Waals surface area contributed by atoms with Crippen LogP contribution in [0.15, 0.2) is 22.7 Å². The Labute approximate surface area is 123 Å². The van der Waals surface area contributed by atoms with Crippen LogP contribution in [0.1, 0.15) is 12.8 Å². The highest BCUT2D eigenvalue weighted by atomic mass is 79.9. The van der Waals surface area contributed by atoms with E-state index >= 15 is 0 Å². The molecule has 7 heteroatoms. The number of nitrogens with one attached hydrogen (secondary N) is 1. The largest absolute Gasteiger partial charge is 0.393 e. The summed E-state index contributed by atoms with van der Waals surface area (Å²) in [5.41, 5.74) is -0.0529. The molecule has 1 heterocycles. The Bertz CT molecular complexity index is 510. The van der Waals surface area contributed by atoms with Crippen molar-refractivity contribution in [2.75, 3.05) is 18.4 Å². The lowest BCUT2D eigenvalue weighted by Crippen LogP contribution is -2.45. The number of hydrogen-bond acceptors (Lipinski definition) is 3. The third-order valence-corrected chi connectivity index (χ3v) is 3.81. The second-order valence-electron chi connectivity index (χ2n) is 4.57. The number of aliphatic hydroxyl groups excluding tert-OH is 1. The second-order valence-corrected chi connectivity index (χ2v) is 5.43. The molecule has 1 fully saturated rings. The van der Waals surface area contributed by atoms with Crippen LogP contribution in [-0.2, 0) is 9.59 Å². The maximum absolute atomic E-state index is 13.6. The van der Waals surface area contributed by atoms with E-state index in [0.717, 1.165) is 0 Å². The van der Waals surface area contributed by atoms with Crippen molar-refractivity contribution in [2.24, 2.45) is 0 Å². The lowest BCUT2D eigenvalue weighted by atomic mass is 10.1. The molecule has 108 valence electrons. The van der Waals surface area contributed by atoms with E-state index in [0.29, 0.717) is 30.4 Å². The molecule has 1 aromatic carbocycles. The average molecular weight is 345 g/mol. The Morgan fingerprint density at radius 2 is 2.00 bits per heavy atom. The van der Waals surface area contributed by atoms with Crippen LogP contribution in [0.3, 0.4) is 0 Å². The van der Waals surface area contributed by atoms with Crippen LogP contribution in [0, 0.1) is 5.82 Å². The van der Waals surface area contributed by atoms with Gasteiger partial charge in [0.15, 0.2) is 0 Å². The number of para-hydroxylation sites is 1. The number of carbonyl (C=O) groups excluding carboxylic acids is 2. The van der Waals surface area contributed by atoms with Gasteiger partial charge in [0.05, 0.1) is 11.8 Å². The van der Waals surface area contributed by atoms with Crippen molar-refractivity contribution in [3.63, 3.8) is 0 Å². The monoisotopic (exact) mass is 344 g/mol. The molecule has 1 aliphatic heterocycles. The third kappa shape index (κ3) is 3.34. The zero-order valence-corrected chi connectivity index (χ0v) is 12.2. The van der Waals surface area contributed by atoms with E-state index in [-0.39, 0.29) is 5.69 Å². The first kappa shape index (κ1) is 14.9. The van der Waals surface area contributed by atoms with Gasteiger partial charge in [-0.2, -0.15) is 0 Å². The maximum atomic E-state index is 13.6. The lowest BCUT2D eigenvalue weighted by molar-refractivity contribution is -0.144. The fourth-order valence-electron chi connectivity index (χ4n) is 2.00. The fraction of sp³-hybridized carbons (Fsp3) is 0.385. The number of anilines is 1. The van der Waals surface area contributed by atoms with Crippen molar-refractivity contribution in [3.05, 3.63) is 28.5 Å². The maximum Gasteiger partial charge on any atom is 0.314 e. The van der Waals surface area contributed by atoms with Crippen molar-refractivity contribution < 1.29 is 19.1 Å². The zero-order chi connectivity index (χ0) is 14.7. The van der Waals surface area contributed by atoms with Crippen LogP contribution in [-0.4, -0.2) is 41.0 Å². The van der Waals surface area contributed by atoms with Gasteiger partial charge in [0.2, 0.25) is 0 Å². The Morgan fingerprint density at radius 3 is 2.60 bits per heavy atom. The summed E-state index contributed by atoms with van der Waals surface area (Å²) in [6, 6.07) is 4.26. The van der Waals surface area contributed by atoms with Gasteiger partial charge >= 0.3 is 11.8 Å². The highest BCUT2D eigenvalue weighted by Gasteiger charge is 2.27. The highest BCUT2D eigenvalue weighted by Crippen LogP contribution is 2.25. The van der Waals surface area contributed by atoms with Gasteiger partial charge in [0.1, 0.15) is 5.82 Å². The van der Waals surface area contributed by atoms with Gasteiger partial charge in [-0.1, -0.05) is 6.07 Å². The number of rotatable bonds is 1. The van der Waals surface area contributed by atoms with E-state index in [9.17, 15) is 19.1 Å². The molecule has 2 N–H and O–H groups in total. The van der Waals surface area contributed by atoms with Gasteiger partial charge < -0.3 is 15.3 Å². The molecule has 2 rings (SSSR count). The number of aliphatic hydroxyl groups is 1. The summed E-state index contributed by atoms with van der Waals surface area (Å²) in [4.78, 5) is 25.1. The predicted octanol–water partition coefficient (Wildman–Crippen LogP) is 1.51.